The predicted molar refractivity (Wildman–Crippen MR) is 65.2 cm³/mol. The largest absolute Gasteiger partial charge is 0.289 e. The summed E-state index contributed by atoms with van der Waals surface area (Å²) in [5, 5.41) is 18.6. The Kier molecular flexibility index (Phi) is 4.27. The summed E-state index contributed by atoms with van der Waals surface area (Å²) < 4.78 is 24.0. The van der Waals surface area contributed by atoms with Crippen molar-refractivity contribution in [3.8, 4) is 6.07 Å². The smallest absolute Gasteiger partial charge is 0.258 e. The molecule has 1 rings (SSSR count). The molecule has 18 heavy (non-hydrogen) atoms. The van der Waals surface area contributed by atoms with Gasteiger partial charge in [0.1, 0.15) is 4.90 Å². The summed E-state index contributed by atoms with van der Waals surface area (Å²) >= 11 is 5.48. The lowest BCUT2D eigenvalue weighted by molar-refractivity contribution is -0.387. The molecule has 0 saturated heterocycles. The van der Waals surface area contributed by atoms with E-state index < -0.39 is 30.6 Å². The van der Waals surface area contributed by atoms with Gasteiger partial charge >= 0.3 is 0 Å². The molecule has 0 amide bonds. The van der Waals surface area contributed by atoms with Crippen LogP contribution in [0.15, 0.2) is 23.1 Å². The van der Waals surface area contributed by atoms with Crippen LogP contribution >= 0.6 is 11.6 Å². The van der Waals surface area contributed by atoms with Crippen LogP contribution in [-0.2, 0) is 9.84 Å². The highest BCUT2D eigenvalue weighted by Gasteiger charge is 2.30. The number of benzene rings is 1. The van der Waals surface area contributed by atoms with Crippen molar-refractivity contribution in [1.82, 2.24) is 0 Å². The zero-order valence-electron chi connectivity index (χ0n) is 9.33. The number of hydrogen-bond donors (Lipinski definition) is 0. The minimum absolute atomic E-state index is 0.0270. The van der Waals surface area contributed by atoms with Gasteiger partial charge in [0.2, 0.25) is 0 Å². The van der Waals surface area contributed by atoms with Crippen molar-refractivity contribution < 1.29 is 13.3 Å². The van der Waals surface area contributed by atoms with Crippen molar-refractivity contribution in [3.63, 3.8) is 0 Å². The highest BCUT2D eigenvalue weighted by atomic mass is 35.5. The van der Waals surface area contributed by atoms with Crippen molar-refractivity contribution in [2.24, 2.45) is 0 Å². The van der Waals surface area contributed by atoms with Gasteiger partial charge in [0.15, 0.2) is 9.84 Å². The van der Waals surface area contributed by atoms with E-state index in [0.717, 1.165) is 12.1 Å². The van der Waals surface area contributed by atoms with Crippen molar-refractivity contribution in [2.75, 3.05) is 5.88 Å². The molecule has 0 aliphatic rings. The fourth-order valence-corrected chi connectivity index (χ4v) is 3.05. The first-order valence-corrected chi connectivity index (χ1v) is 6.91. The third-order valence-electron chi connectivity index (χ3n) is 2.34. The van der Waals surface area contributed by atoms with Gasteiger partial charge in [-0.1, -0.05) is 0 Å². The van der Waals surface area contributed by atoms with Gasteiger partial charge in [-0.25, -0.2) is 8.42 Å². The summed E-state index contributed by atoms with van der Waals surface area (Å²) in [6.45, 7) is 1.37. The Hall–Kier alpha value is -1.65. The molecule has 0 aliphatic heterocycles. The van der Waals surface area contributed by atoms with Crippen LogP contribution in [0.25, 0.3) is 0 Å². The molecule has 1 aromatic carbocycles. The molecule has 1 atom stereocenters. The molecule has 0 spiro atoms. The van der Waals surface area contributed by atoms with Crippen molar-refractivity contribution in [1.29, 1.82) is 5.26 Å². The van der Waals surface area contributed by atoms with Crippen LogP contribution in [0.1, 0.15) is 12.5 Å². The van der Waals surface area contributed by atoms with Crippen LogP contribution in [-0.4, -0.2) is 24.5 Å². The Labute approximate surface area is 109 Å². The number of alkyl halides is 1. The molecular weight excluding hydrogens is 280 g/mol. The molecule has 0 fully saturated rings. The van der Waals surface area contributed by atoms with Crippen LogP contribution in [0.4, 0.5) is 5.69 Å². The van der Waals surface area contributed by atoms with Gasteiger partial charge in [-0.2, -0.15) is 5.26 Å². The van der Waals surface area contributed by atoms with E-state index in [9.17, 15) is 18.5 Å². The molecule has 0 saturated carbocycles. The van der Waals surface area contributed by atoms with E-state index in [-0.39, 0.29) is 11.4 Å². The lowest BCUT2D eigenvalue weighted by Gasteiger charge is -2.10. The van der Waals surface area contributed by atoms with Gasteiger partial charge in [-0.05, 0) is 19.1 Å². The van der Waals surface area contributed by atoms with Gasteiger partial charge < -0.3 is 0 Å². The quantitative estimate of drug-likeness (QED) is 0.478. The molecule has 0 bridgehead atoms. The first-order valence-electron chi connectivity index (χ1n) is 4.83. The Bertz CT molecular complexity index is 621. The maximum atomic E-state index is 12.0. The Morgan fingerprint density at radius 1 is 1.56 bits per heavy atom. The number of hydrogen-bond acceptors (Lipinski definition) is 5. The van der Waals surface area contributed by atoms with E-state index >= 15 is 0 Å². The first-order chi connectivity index (χ1) is 8.34. The van der Waals surface area contributed by atoms with E-state index in [0.29, 0.717) is 0 Å². The molecule has 1 unspecified atom stereocenters. The maximum absolute atomic E-state index is 12.0. The second-order valence-electron chi connectivity index (χ2n) is 3.56. The number of sulfone groups is 1. The van der Waals surface area contributed by atoms with E-state index in [1.165, 1.54) is 13.0 Å². The molecule has 0 heterocycles. The number of nitrogens with zero attached hydrogens (tertiary/aromatic N) is 2. The van der Waals surface area contributed by atoms with Crippen LogP contribution in [0.2, 0.25) is 0 Å². The van der Waals surface area contributed by atoms with Gasteiger partial charge in [-0.15, -0.1) is 11.6 Å². The minimum Gasteiger partial charge on any atom is -0.258 e. The second-order valence-corrected chi connectivity index (χ2v) is 6.20. The summed E-state index contributed by atoms with van der Waals surface area (Å²) in [6, 6.07) is 4.94. The predicted octanol–water partition coefficient (Wildman–Crippen LogP) is 1.87. The highest BCUT2D eigenvalue weighted by molar-refractivity contribution is 7.92. The molecule has 0 N–H and O–H groups in total. The molecule has 96 valence electrons. The van der Waals surface area contributed by atoms with Crippen LogP contribution in [0.3, 0.4) is 0 Å². The average molecular weight is 289 g/mol. The highest BCUT2D eigenvalue weighted by Crippen LogP contribution is 2.28. The fraction of sp³-hybridized carbons (Fsp3) is 0.300. The fourth-order valence-electron chi connectivity index (χ4n) is 1.27. The van der Waals surface area contributed by atoms with Crippen molar-refractivity contribution in [2.45, 2.75) is 17.1 Å². The Morgan fingerprint density at radius 2 is 2.17 bits per heavy atom. The number of rotatable bonds is 4. The lowest BCUT2D eigenvalue weighted by atomic mass is 10.2. The molecular formula is C10H9ClN2O4S. The molecule has 8 heteroatoms. The second kappa shape index (κ2) is 5.33. The number of nitro benzene ring substituents is 1. The van der Waals surface area contributed by atoms with E-state index in [1.807, 2.05) is 0 Å². The van der Waals surface area contributed by atoms with Crippen molar-refractivity contribution in [3.05, 3.63) is 33.9 Å². The number of halogens is 1. The zero-order valence-corrected chi connectivity index (χ0v) is 10.9. The molecule has 0 aromatic heterocycles. The van der Waals surface area contributed by atoms with Gasteiger partial charge in [0.25, 0.3) is 5.69 Å². The summed E-state index contributed by atoms with van der Waals surface area (Å²) in [7, 11) is -3.87. The summed E-state index contributed by atoms with van der Waals surface area (Å²) in [6.07, 6.45) is 0. The van der Waals surface area contributed by atoms with E-state index in [2.05, 4.69) is 0 Å². The van der Waals surface area contributed by atoms with Gasteiger partial charge in [-0.3, -0.25) is 10.1 Å². The van der Waals surface area contributed by atoms with Gasteiger partial charge in [0.05, 0.1) is 21.8 Å². The number of nitriles is 1. The topological polar surface area (TPSA) is 101 Å². The summed E-state index contributed by atoms with van der Waals surface area (Å²) in [4.78, 5) is 9.60. The van der Waals surface area contributed by atoms with Crippen molar-refractivity contribution >= 4 is 27.1 Å². The van der Waals surface area contributed by atoms with E-state index in [1.54, 1.807) is 6.07 Å². The standard InChI is InChI=1S/C10H9ClN2O4S/c1-7(5-11)18(16,17)10-3-2-8(6-12)4-9(10)13(14)15/h2-4,7H,5H2,1H3. The first kappa shape index (κ1) is 14.4. The summed E-state index contributed by atoms with van der Waals surface area (Å²) in [5.41, 5.74) is -0.579. The Balaban J connectivity index is 3.52. The molecule has 0 radical (unpaired) electrons. The average Bonchev–Trinajstić information content (AvgIpc) is 2.36. The van der Waals surface area contributed by atoms with Crippen LogP contribution in [0, 0.1) is 21.4 Å². The van der Waals surface area contributed by atoms with Gasteiger partial charge in [0, 0.05) is 11.9 Å². The minimum atomic E-state index is -3.87. The van der Waals surface area contributed by atoms with Crippen LogP contribution in [0.5, 0.6) is 0 Å². The SMILES string of the molecule is CC(CCl)S(=O)(=O)c1ccc(C#N)cc1[N+](=O)[O-]. The molecule has 1 aromatic rings. The third kappa shape index (κ3) is 2.60. The third-order valence-corrected chi connectivity index (χ3v) is 5.17. The number of nitro groups is 1. The molecule has 6 nitrogen and oxygen atoms in total. The summed E-state index contributed by atoms with van der Waals surface area (Å²) in [5.74, 6) is -0.167. The maximum Gasteiger partial charge on any atom is 0.289 e. The monoisotopic (exact) mass is 288 g/mol. The van der Waals surface area contributed by atoms with Crippen LogP contribution < -0.4 is 0 Å². The Morgan fingerprint density at radius 3 is 2.61 bits per heavy atom. The normalized spacial score (nSPS) is 12.7. The van der Waals surface area contributed by atoms with E-state index in [4.69, 9.17) is 16.9 Å². The lowest BCUT2D eigenvalue weighted by Crippen LogP contribution is -2.20. The zero-order chi connectivity index (χ0) is 13.9. The molecule has 0 aliphatic carbocycles.